The molecule has 0 aliphatic heterocycles. The van der Waals surface area contributed by atoms with Crippen molar-refractivity contribution in [2.75, 3.05) is 14.2 Å². The summed E-state index contributed by atoms with van der Waals surface area (Å²) in [5.41, 5.74) is 2.23. The molecule has 0 saturated carbocycles. The van der Waals surface area contributed by atoms with E-state index in [4.69, 9.17) is 14.2 Å². The molecule has 1 aliphatic rings. The number of ether oxygens (including phenoxy) is 3. The van der Waals surface area contributed by atoms with Crippen LogP contribution in [0, 0.1) is 11.3 Å². The molecule has 0 fully saturated rings. The Morgan fingerprint density at radius 1 is 0.970 bits per heavy atom. The Labute approximate surface area is 195 Å². The molecule has 1 atom stereocenters. The van der Waals surface area contributed by atoms with Crippen molar-refractivity contribution in [1.29, 1.82) is 0 Å². The molecule has 2 aromatic carbocycles. The van der Waals surface area contributed by atoms with Crippen molar-refractivity contribution >= 4 is 11.8 Å². The molecule has 33 heavy (non-hydrogen) atoms. The summed E-state index contributed by atoms with van der Waals surface area (Å²) in [6.45, 7) is 7.48. The highest BCUT2D eigenvalue weighted by Gasteiger charge is 2.43. The summed E-state index contributed by atoms with van der Waals surface area (Å²) in [5.74, 6) is 0.579. The Morgan fingerprint density at radius 3 is 2.21 bits per heavy atom. The summed E-state index contributed by atoms with van der Waals surface area (Å²) in [4.78, 5) is 24.6. The molecule has 1 aliphatic carbocycles. The predicted molar refractivity (Wildman–Crippen MR) is 128 cm³/mol. The summed E-state index contributed by atoms with van der Waals surface area (Å²) >= 11 is 0. The van der Waals surface area contributed by atoms with Gasteiger partial charge in [-0.3, -0.25) is 9.59 Å². The molecule has 3 rings (SSSR count). The Bertz CT molecular complexity index is 1040. The van der Waals surface area contributed by atoms with Crippen LogP contribution in [0.1, 0.15) is 62.9 Å². The number of methoxy groups -OCH3 is 2. The third-order valence-corrected chi connectivity index (χ3v) is 6.85. The molecule has 6 nitrogen and oxygen atoms in total. The van der Waals surface area contributed by atoms with Crippen LogP contribution in [-0.4, -0.2) is 37.2 Å². The molecule has 1 N–H and O–H groups in total. The van der Waals surface area contributed by atoms with Crippen LogP contribution in [-0.2, 0) is 11.2 Å². The topological polar surface area (TPSA) is 82.1 Å². The molecular weight excluding hydrogens is 420 g/mol. The van der Waals surface area contributed by atoms with Crippen LogP contribution < -0.4 is 14.2 Å². The number of hydrogen-bond donors (Lipinski definition) is 1. The van der Waals surface area contributed by atoms with E-state index in [1.165, 1.54) is 0 Å². The first-order valence-electron chi connectivity index (χ1n) is 11.5. The van der Waals surface area contributed by atoms with Crippen molar-refractivity contribution in [2.24, 2.45) is 11.3 Å². The zero-order valence-electron chi connectivity index (χ0n) is 20.4. The maximum atomic E-state index is 12.4. The second-order valence-corrected chi connectivity index (χ2v) is 9.07. The number of fused-ring (bicyclic) bond motifs is 1. The van der Waals surface area contributed by atoms with Crippen molar-refractivity contribution < 1.29 is 28.9 Å². The highest BCUT2D eigenvalue weighted by atomic mass is 16.5. The third kappa shape index (κ3) is 4.43. The van der Waals surface area contributed by atoms with Crippen molar-refractivity contribution in [2.45, 2.75) is 59.5 Å². The molecule has 2 aromatic rings. The van der Waals surface area contributed by atoms with E-state index in [2.05, 4.69) is 0 Å². The van der Waals surface area contributed by atoms with Crippen molar-refractivity contribution in [3.8, 4) is 28.4 Å². The molecule has 0 spiro atoms. The van der Waals surface area contributed by atoms with E-state index in [1.54, 1.807) is 28.1 Å². The number of hydrogen-bond acceptors (Lipinski definition) is 5. The largest absolute Gasteiger partial charge is 0.493 e. The Morgan fingerprint density at radius 2 is 1.64 bits per heavy atom. The second kappa shape index (κ2) is 9.86. The van der Waals surface area contributed by atoms with Crippen LogP contribution >= 0.6 is 0 Å². The Kier molecular flexibility index (Phi) is 7.35. The van der Waals surface area contributed by atoms with E-state index >= 15 is 0 Å². The van der Waals surface area contributed by atoms with Crippen LogP contribution in [0.25, 0.3) is 11.1 Å². The minimum atomic E-state index is -1.14. The smallest absolute Gasteiger partial charge is 0.312 e. The fourth-order valence-electron chi connectivity index (χ4n) is 4.77. The van der Waals surface area contributed by atoms with Gasteiger partial charge in [-0.15, -0.1) is 0 Å². The highest BCUT2D eigenvalue weighted by molar-refractivity contribution is 6.02. The van der Waals surface area contributed by atoms with Crippen molar-refractivity contribution in [3.05, 3.63) is 41.5 Å². The summed E-state index contributed by atoms with van der Waals surface area (Å²) in [6, 6.07) is 9.41. The van der Waals surface area contributed by atoms with Gasteiger partial charge in [0.1, 0.15) is 6.10 Å². The fourth-order valence-corrected chi connectivity index (χ4v) is 4.77. The monoisotopic (exact) mass is 454 g/mol. The van der Waals surface area contributed by atoms with Gasteiger partial charge in [0.2, 0.25) is 5.75 Å². The quantitative estimate of drug-likeness (QED) is 0.489. The lowest BCUT2D eigenvalue weighted by Crippen LogP contribution is -2.45. The first-order chi connectivity index (χ1) is 15.7. The second-order valence-electron chi connectivity index (χ2n) is 9.07. The Hall–Kier alpha value is -3.02. The minimum absolute atomic E-state index is 0.0166. The number of carboxylic acid groups (broad SMARTS) is 1. The van der Waals surface area contributed by atoms with Gasteiger partial charge in [0.05, 0.1) is 19.6 Å². The van der Waals surface area contributed by atoms with E-state index in [0.717, 1.165) is 35.1 Å². The van der Waals surface area contributed by atoms with E-state index < -0.39 is 17.5 Å². The molecule has 0 aromatic heterocycles. The summed E-state index contributed by atoms with van der Waals surface area (Å²) < 4.78 is 17.9. The van der Waals surface area contributed by atoms with Gasteiger partial charge in [-0.2, -0.15) is 0 Å². The maximum absolute atomic E-state index is 12.4. The zero-order chi connectivity index (χ0) is 24.3. The number of carbonyl (C=O) groups is 2. The SMILES string of the molecule is CCC(CC)C(Oc1c(-c2cccc3c2CCC3=O)ccc(OC)c1OC)C(C)(C)C(=O)O. The average Bonchev–Trinajstić information content (AvgIpc) is 3.19. The summed E-state index contributed by atoms with van der Waals surface area (Å²) in [6.07, 6.45) is 2.08. The van der Waals surface area contributed by atoms with Crippen LogP contribution in [0.5, 0.6) is 17.2 Å². The zero-order valence-corrected chi connectivity index (χ0v) is 20.4. The van der Waals surface area contributed by atoms with Gasteiger partial charge in [-0.25, -0.2) is 0 Å². The van der Waals surface area contributed by atoms with Gasteiger partial charge < -0.3 is 19.3 Å². The number of ketones is 1. The standard InChI is InChI=1S/C27H34O6/c1-7-16(8-2)25(27(3,4)26(29)30)33-23-20(13-15-22(31-5)24(23)32-6)17-10-9-11-19-18(17)12-14-21(19)28/h9-11,13,15-16,25H,7-8,12,14H2,1-6H3,(H,29,30). The van der Waals surface area contributed by atoms with Gasteiger partial charge in [-0.1, -0.05) is 32.0 Å². The number of rotatable bonds is 10. The normalized spacial score (nSPS) is 14.2. The molecule has 0 bridgehead atoms. The number of carboxylic acids is 1. The van der Waals surface area contributed by atoms with Gasteiger partial charge in [0, 0.05) is 17.5 Å². The lowest BCUT2D eigenvalue weighted by atomic mass is 9.77. The van der Waals surface area contributed by atoms with Crippen molar-refractivity contribution in [1.82, 2.24) is 0 Å². The third-order valence-electron chi connectivity index (χ3n) is 6.85. The molecule has 0 amide bonds. The summed E-state index contributed by atoms with van der Waals surface area (Å²) in [7, 11) is 3.10. The van der Waals surface area contributed by atoms with Gasteiger partial charge in [0.25, 0.3) is 0 Å². The first-order valence-corrected chi connectivity index (χ1v) is 11.5. The predicted octanol–water partition coefficient (Wildman–Crippen LogP) is 5.79. The number of Topliss-reactive ketones (excluding diaryl/α,β-unsaturated/α-hetero) is 1. The van der Waals surface area contributed by atoms with Crippen molar-refractivity contribution in [3.63, 3.8) is 0 Å². The fraction of sp³-hybridized carbons (Fsp3) is 0.481. The molecule has 0 radical (unpaired) electrons. The molecule has 0 heterocycles. The lowest BCUT2D eigenvalue weighted by Gasteiger charge is -2.37. The maximum Gasteiger partial charge on any atom is 0.312 e. The van der Waals surface area contributed by atoms with Crippen LogP contribution in [0.4, 0.5) is 0 Å². The molecule has 178 valence electrons. The van der Waals surface area contributed by atoms with Crippen LogP contribution in [0.15, 0.2) is 30.3 Å². The molecular formula is C27H34O6. The van der Waals surface area contributed by atoms with Gasteiger partial charge >= 0.3 is 5.97 Å². The summed E-state index contributed by atoms with van der Waals surface area (Å²) in [5, 5.41) is 10.0. The average molecular weight is 455 g/mol. The van der Waals surface area contributed by atoms with E-state index in [0.29, 0.717) is 30.1 Å². The van der Waals surface area contributed by atoms with E-state index in [-0.39, 0.29) is 11.7 Å². The Balaban J connectivity index is 2.26. The number of benzene rings is 2. The number of aliphatic carboxylic acids is 1. The molecule has 6 heteroatoms. The molecule has 0 saturated heterocycles. The molecule has 1 unspecified atom stereocenters. The lowest BCUT2D eigenvalue weighted by molar-refractivity contribution is -0.154. The number of carbonyl (C=O) groups excluding carboxylic acids is 1. The van der Waals surface area contributed by atoms with Gasteiger partial charge in [0.15, 0.2) is 17.3 Å². The minimum Gasteiger partial charge on any atom is -0.493 e. The van der Waals surface area contributed by atoms with Crippen LogP contribution in [0.3, 0.4) is 0 Å². The highest BCUT2D eigenvalue weighted by Crippen LogP contribution is 2.48. The van der Waals surface area contributed by atoms with Crippen LogP contribution in [0.2, 0.25) is 0 Å². The van der Waals surface area contributed by atoms with E-state index in [9.17, 15) is 14.7 Å². The van der Waals surface area contributed by atoms with E-state index in [1.807, 2.05) is 44.2 Å². The first kappa shape index (κ1) is 24.6. The van der Waals surface area contributed by atoms with Gasteiger partial charge in [-0.05, 0) is 62.3 Å².